The monoisotopic (exact) mass is 500 g/mol. The maximum atomic E-state index is 13.6. The molecule has 1 N–H and O–H groups in total. The molecule has 0 heterocycles. The van der Waals surface area contributed by atoms with E-state index < -0.39 is 28.4 Å². The van der Waals surface area contributed by atoms with Crippen molar-refractivity contribution in [3.8, 4) is 0 Å². The predicted octanol–water partition coefficient (Wildman–Crippen LogP) is 4.89. The van der Waals surface area contributed by atoms with Crippen LogP contribution in [0.4, 0.5) is 11.4 Å². The summed E-state index contributed by atoms with van der Waals surface area (Å²) in [5.74, 6) is -1.24. The second kappa shape index (κ2) is 10.3. The van der Waals surface area contributed by atoms with Crippen LogP contribution in [-0.2, 0) is 19.6 Å². The first-order chi connectivity index (χ1) is 16.0. The van der Waals surface area contributed by atoms with Crippen LogP contribution in [0.15, 0.2) is 65.6 Å². The number of esters is 1. The van der Waals surface area contributed by atoms with Gasteiger partial charge in [-0.2, -0.15) is 0 Å². The number of aryl methyl sites for hydroxylation is 3. The lowest BCUT2D eigenvalue weighted by molar-refractivity contribution is -0.114. The van der Waals surface area contributed by atoms with Crippen LogP contribution in [0.1, 0.15) is 27.0 Å². The van der Waals surface area contributed by atoms with Crippen LogP contribution in [0.5, 0.6) is 0 Å². The summed E-state index contributed by atoms with van der Waals surface area (Å²) in [4.78, 5) is 25.0. The highest BCUT2D eigenvalue weighted by Gasteiger charge is 2.28. The van der Waals surface area contributed by atoms with E-state index in [4.69, 9.17) is 16.3 Å². The van der Waals surface area contributed by atoms with Crippen molar-refractivity contribution in [1.82, 2.24) is 0 Å². The SMILES string of the molecule is COC(=O)c1cc(NC(=O)CN(c2cc(C)ccc2C)S(=O)(=O)c2ccc(C)cc2)ccc1Cl. The van der Waals surface area contributed by atoms with E-state index in [0.29, 0.717) is 11.3 Å². The van der Waals surface area contributed by atoms with E-state index >= 15 is 0 Å². The van der Waals surface area contributed by atoms with Gasteiger partial charge in [0, 0.05) is 5.69 Å². The minimum Gasteiger partial charge on any atom is -0.465 e. The lowest BCUT2D eigenvalue weighted by Crippen LogP contribution is -2.38. The summed E-state index contributed by atoms with van der Waals surface area (Å²) >= 11 is 6.04. The van der Waals surface area contributed by atoms with Crippen LogP contribution < -0.4 is 9.62 Å². The molecule has 0 unspecified atom stereocenters. The van der Waals surface area contributed by atoms with E-state index in [-0.39, 0.29) is 21.2 Å². The smallest absolute Gasteiger partial charge is 0.339 e. The second-order valence-corrected chi connectivity index (χ2v) is 10.1. The van der Waals surface area contributed by atoms with E-state index in [1.807, 2.05) is 26.0 Å². The Morgan fingerprint density at radius 2 is 1.59 bits per heavy atom. The summed E-state index contributed by atoms with van der Waals surface area (Å²) in [6, 6.07) is 16.2. The van der Waals surface area contributed by atoms with Gasteiger partial charge in [-0.05, 0) is 68.3 Å². The first-order valence-corrected chi connectivity index (χ1v) is 12.2. The second-order valence-electron chi connectivity index (χ2n) is 7.85. The van der Waals surface area contributed by atoms with Crippen LogP contribution in [0.25, 0.3) is 0 Å². The largest absolute Gasteiger partial charge is 0.465 e. The quantitative estimate of drug-likeness (QED) is 0.466. The Morgan fingerprint density at radius 1 is 0.941 bits per heavy atom. The zero-order valence-corrected chi connectivity index (χ0v) is 20.8. The molecule has 0 aromatic heterocycles. The normalized spacial score (nSPS) is 11.1. The number of benzene rings is 3. The molecule has 3 rings (SSSR count). The average molecular weight is 501 g/mol. The van der Waals surface area contributed by atoms with Crippen LogP contribution >= 0.6 is 11.6 Å². The number of nitrogens with one attached hydrogen (secondary N) is 1. The molecular formula is C25H25ClN2O5S. The van der Waals surface area contributed by atoms with Gasteiger partial charge in [0.1, 0.15) is 6.54 Å². The number of anilines is 2. The standard InChI is InChI=1S/C25H25ClN2O5S/c1-16-6-10-20(11-7-16)34(31,32)28(23-13-17(2)5-8-18(23)3)15-24(29)27-19-9-12-22(26)21(14-19)25(30)33-4/h5-14H,15H2,1-4H3,(H,27,29). The zero-order valence-electron chi connectivity index (χ0n) is 19.3. The molecule has 0 saturated carbocycles. The Kier molecular flexibility index (Phi) is 7.64. The van der Waals surface area contributed by atoms with E-state index in [0.717, 1.165) is 15.4 Å². The topological polar surface area (TPSA) is 92.8 Å². The predicted molar refractivity (Wildman–Crippen MR) is 133 cm³/mol. The van der Waals surface area contributed by atoms with Crippen molar-refractivity contribution in [3.05, 3.63) is 87.9 Å². The number of ether oxygens (including phenoxy) is 1. The maximum Gasteiger partial charge on any atom is 0.339 e. The van der Waals surface area contributed by atoms with Crippen LogP contribution in [0.2, 0.25) is 5.02 Å². The number of carbonyl (C=O) groups is 2. The molecule has 3 aromatic rings. The fourth-order valence-electron chi connectivity index (χ4n) is 3.33. The molecule has 0 radical (unpaired) electrons. The molecule has 1 amide bonds. The van der Waals surface area contributed by atoms with Crippen LogP contribution in [0.3, 0.4) is 0 Å². The van der Waals surface area contributed by atoms with E-state index in [9.17, 15) is 18.0 Å². The van der Waals surface area contributed by atoms with Gasteiger partial charge in [-0.3, -0.25) is 9.10 Å². The van der Waals surface area contributed by atoms with Gasteiger partial charge in [0.25, 0.3) is 10.0 Å². The van der Waals surface area contributed by atoms with Gasteiger partial charge in [0.2, 0.25) is 5.91 Å². The van der Waals surface area contributed by atoms with Crippen molar-refractivity contribution in [2.24, 2.45) is 0 Å². The van der Waals surface area contributed by atoms with Gasteiger partial charge in [-0.1, -0.05) is 41.4 Å². The third kappa shape index (κ3) is 5.58. The number of hydrogen-bond acceptors (Lipinski definition) is 5. The Morgan fingerprint density at radius 3 is 2.24 bits per heavy atom. The van der Waals surface area contributed by atoms with Crippen LogP contribution in [0, 0.1) is 20.8 Å². The number of halogens is 1. The molecule has 9 heteroatoms. The number of sulfonamides is 1. The third-order valence-corrected chi connectivity index (χ3v) is 7.29. The molecular weight excluding hydrogens is 476 g/mol. The lowest BCUT2D eigenvalue weighted by Gasteiger charge is -2.26. The zero-order chi connectivity index (χ0) is 25.0. The number of carbonyl (C=O) groups excluding carboxylic acids is 2. The van der Waals surface area contributed by atoms with Gasteiger partial charge >= 0.3 is 5.97 Å². The van der Waals surface area contributed by atoms with Gasteiger partial charge in [0.15, 0.2) is 0 Å². The molecule has 3 aromatic carbocycles. The molecule has 34 heavy (non-hydrogen) atoms. The van der Waals surface area contributed by atoms with Crippen molar-refractivity contribution in [1.29, 1.82) is 0 Å². The van der Waals surface area contributed by atoms with Gasteiger partial charge in [-0.25, -0.2) is 13.2 Å². The molecule has 0 atom stereocenters. The fourth-order valence-corrected chi connectivity index (χ4v) is 5.00. The van der Waals surface area contributed by atoms with E-state index in [1.165, 1.54) is 37.4 Å². The van der Waals surface area contributed by atoms with Gasteiger partial charge in [0.05, 0.1) is 28.3 Å². The minimum absolute atomic E-state index is 0.0753. The van der Waals surface area contributed by atoms with Crippen molar-refractivity contribution in [3.63, 3.8) is 0 Å². The highest BCUT2D eigenvalue weighted by molar-refractivity contribution is 7.92. The minimum atomic E-state index is -4.05. The summed E-state index contributed by atoms with van der Waals surface area (Å²) in [6.45, 7) is 5.02. The summed E-state index contributed by atoms with van der Waals surface area (Å²) in [7, 11) is -2.83. The summed E-state index contributed by atoms with van der Waals surface area (Å²) in [6.07, 6.45) is 0. The molecule has 178 valence electrons. The van der Waals surface area contributed by atoms with Crippen molar-refractivity contribution in [2.75, 3.05) is 23.3 Å². The third-order valence-electron chi connectivity index (χ3n) is 5.18. The number of rotatable bonds is 7. The van der Waals surface area contributed by atoms with Crippen molar-refractivity contribution in [2.45, 2.75) is 25.7 Å². The number of hydrogen-bond donors (Lipinski definition) is 1. The Labute approximate surface area is 204 Å². The maximum absolute atomic E-state index is 13.6. The number of nitrogens with zero attached hydrogens (tertiary/aromatic N) is 1. The molecule has 0 saturated heterocycles. The molecule has 0 aliphatic heterocycles. The van der Waals surface area contributed by atoms with Crippen molar-refractivity contribution >= 4 is 44.9 Å². The van der Waals surface area contributed by atoms with Crippen LogP contribution in [-0.4, -0.2) is 33.9 Å². The average Bonchev–Trinajstić information content (AvgIpc) is 2.80. The molecule has 0 aliphatic carbocycles. The molecule has 0 aliphatic rings. The molecule has 0 fully saturated rings. The Hall–Kier alpha value is -3.36. The summed E-state index contributed by atoms with van der Waals surface area (Å²) < 4.78 is 33.0. The molecule has 7 nitrogen and oxygen atoms in total. The van der Waals surface area contributed by atoms with E-state index in [2.05, 4.69) is 5.32 Å². The van der Waals surface area contributed by atoms with Gasteiger partial charge in [-0.15, -0.1) is 0 Å². The van der Waals surface area contributed by atoms with Gasteiger partial charge < -0.3 is 10.1 Å². The first-order valence-electron chi connectivity index (χ1n) is 10.4. The number of amides is 1. The van der Waals surface area contributed by atoms with E-state index in [1.54, 1.807) is 25.1 Å². The Bertz CT molecular complexity index is 1340. The first kappa shape index (κ1) is 25.3. The fraction of sp³-hybridized carbons (Fsp3) is 0.200. The summed E-state index contributed by atoms with van der Waals surface area (Å²) in [5.41, 5.74) is 3.24. The lowest BCUT2D eigenvalue weighted by atomic mass is 10.1. The number of methoxy groups -OCH3 is 1. The molecule has 0 spiro atoms. The highest BCUT2D eigenvalue weighted by atomic mass is 35.5. The highest BCUT2D eigenvalue weighted by Crippen LogP contribution is 2.28. The Balaban J connectivity index is 1.98. The molecule has 0 bridgehead atoms. The van der Waals surface area contributed by atoms with Crippen molar-refractivity contribution < 1.29 is 22.7 Å². The summed E-state index contributed by atoms with van der Waals surface area (Å²) in [5, 5.41) is 2.81.